The molecule has 29 heavy (non-hydrogen) atoms. The molecule has 2 aromatic carbocycles. The number of hydrazine groups is 1. The molecule has 0 aliphatic carbocycles. The van der Waals surface area contributed by atoms with Crippen molar-refractivity contribution in [2.24, 2.45) is 5.84 Å². The molecule has 0 amide bonds. The number of phenols is 1. The van der Waals surface area contributed by atoms with Gasteiger partial charge in [-0.3, -0.25) is 10.6 Å². The molecule has 0 aliphatic rings. The van der Waals surface area contributed by atoms with Crippen LogP contribution in [0.5, 0.6) is 17.2 Å². The van der Waals surface area contributed by atoms with Gasteiger partial charge in [-0.05, 0) is 127 Å². The topological polar surface area (TPSA) is 96.0 Å². The number of rotatable bonds is 9. The van der Waals surface area contributed by atoms with Crippen LogP contribution in [0, 0.1) is 14.3 Å². The van der Waals surface area contributed by atoms with E-state index in [1.165, 1.54) is 5.01 Å². The first-order valence-electron chi connectivity index (χ1n) is 8.72. The molecular formula is C19H20I4N2O4. The van der Waals surface area contributed by atoms with E-state index in [0.29, 0.717) is 31.6 Å². The van der Waals surface area contributed by atoms with Crippen LogP contribution in [0.1, 0.15) is 25.3 Å². The lowest BCUT2D eigenvalue weighted by molar-refractivity contribution is -0.143. The van der Waals surface area contributed by atoms with Crippen LogP contribution < -0.4 is 10.6 Å². The molecule has 6 nitrogen and oxygen atoms in total. The van der Waals surface area contributed by atoms with Crippen LogP contribution in [0.3, 0.4) is 0 Å². The van der Waals surface area contributed by atoms with E-state index in [1.807, 2.05) is 19.1 Å². The van der Waals surface area contributed by atoms with Gasteiger partial charge in [-0.25, -0.2) is 5.01 Å². The molecule has 0 bridgehead atoms. The Bertz CT molecular complexity index is 848. The molecule has 0 aliphatic heterocycles. The fourth-order valence-corrected chi connectivity index (χ4v) is 6.44. The maximum atomic E-state index is 11.7. The number of carboxylic acid groups (broad SMARTS) is 1. The van der Waals surface area contributed by atoms with Gasteiger partial charge in [0.25, 0.3) is 0 Å². The molecule has 0 saturated carbocycles. The number of unbranched alkanes of at least 4 members (excludes halogenated alkanes) is 1. The molecule has 1 atom stereocenters. The van der Waals surface area contributed by atoms with Crippen LogP contribution >= 0.6 is 90.4 Å². The fourth-order valence-electron chi connectivity index (χ4n) is 2.61. The lowest BCUT2D eigenvalue weighted by Gasteiger charge is -2.24. The van der Waals surface area contributed by atoms with E-state index in [9.17, 15) is 15.0 Å². The third kappa shape index (κ3) is 7.18. The number of phenolic OH excluding ortho intramolecular Hbond substituents is 1. The summed E-state index contributed by atoms with van der Waals surface area (Å²) in [6, 6.07) is 6.63. The molecule has 158 valence electrons. The smallest absolute Gasteiger partial charge is 0.322 e. The quantitative estimate of drug-likeness (QED) is 0.174. The first-order valence-corrected chi connectivity index (χ1v) is 13.0. The van der Waals surface area contributed by atoms with E-state index in [-0.39, 0.29) is 5.75 Å². The SMILES string of the molecule is CCCCN(N)C(Cc1cc(I)c(Oc2cc(I)c(O)c(I)c2)c(I)c1)C(=O)O. The van der Waals surface area contributed by atoms with Crippen molar-refractivity contribution in [3.63, 3.8) is 0 Å². The van der Waals surface area contributed by atoms with Gasteiger partial charge >= 0.3 is 5.97 Å². The second-order valence-corrected chi connectivity index (χ2v) is 11.0. The van der Waals surface area contributed by atoms with Crippen LogP contribution in [0.25, 0.3) is 0 Å². The summed E-state index contributed by atoms with van der Waals surface area (Å²) >= 11 is 8.51. The number of aromatic hydroxyl groups is 1. The van der Waals surface area contributed by atoms with Gasteiger partial charge in [0.05, 0.1) is 14.3 Å². The van der Waals surface area contributed by atoms with Gasteiger partial charge in [-0.1, -0.05) is 13.3 Å². The Kier molecular flexibility index (Phi) is 10.4. The van der Waals surface area contributed by atoms with Crippen LogP contribution in [0.4, 0.5) is 0 Å². The number of carbonyl (C=O) groups is 1. The van der Waals surface area contributed by atoms with Crippen molar-refractivity contribution in [3.05, 3.63) is 44.1 Å². The van der Waals surface area contributed by atoms with Crippen molar-refractivity contribution in [3.8, 4) is 17.2 Å². The number of halogens is 4. The first kappa shape index (κ1) is 25.6. The Hall–Kier alpha value is 0.350. The molecule has 0 aromatic heterocycles. The van der Waals surface area contributed by atoms with Crippen LogP contribution in [0.2, 0.25) is 0 Å². The number of hydrogen-bond acceptors (Lipinski definition) is 5. The second kappa shape index (κ2) is 11.8. The fraction of sp³-hybridized carbons (Fsp3) is 0.316. The predicted molar refractivity (Wildman–Crippen MR) is 146 cm³/mol. The summed E-state index contributed by atoms with van der Waals surface area (Å²) in [5.41, 5.74) is 0.889. The molecule has 0 heterocycles. The minimum atomic E-state index is -0.929. The van der Waals surface area contributed by atoms with Gasteiger partial charge in [0.1, 0.15) is 17.5 Å². The van der Waals surface area contributed by atoms with Crippen molar-refractivity contribution >= 4 is 96.3 Å². The molecule has 2 aromatic rings. The van der Waals surface area contributed by atoms with Gasteiger partial charge in [-0.15, -0.1) is 0 Å². The van der Waals surface area contributed by atoms with E-state index in [2.05, 4.69) is 90.4 Å². The van der Waals surface area contributed by atoms with E-state index < -0.39 is 12.0 Å². The lowest BCUT2D eigenvalue weighted by atomic mass is 10.1. The first-order chi connectivity index (χ1) is 13.6. The molecule has 1 unspecified atom stereocenters. The second-order valence-electron chi connectivity index (χ2n) is 6.38. The zero-order valence-electron chi connectivity index (χ0n) is 15.5. The van der Waals surface area contributed by atoms with E-state index in [1.54, 1.807) is 12.1 Å². The molecular weight excluding hydrogens is 828 g/mol. The summed E-state index contributed by atoms with van der Waals surface area (Å²) in [5, 5.41) is 20.9. The number of hydrogen-bond donors (Lipinski definition) is 3. The Morgan fingerprint density at radius 3 is 2.14 bits per heavy atom. The third-order valence-corrected chi connectivity index (χ3v) is 7.40. The van der Waals surface area contributed by atoms with Gasteiger partial charge in [0.15, 0.2) is 5.75 Å². The van der Waals surface area contributed by atoms with E-state index >= 15 is 0 Å². The highest BCUT2D eigenvalue weighted by Gasteiger charge is 2.24. The minimum Gasteiger partial charge on any atom is -0.506 e. The van der Waals surface area contributed by atoms with Gasteiger partial charge in [0.2, 0.25) is 0 Å². The minimum absolute atomic E-state index is 0.243. The summed E-state index contributed by atoms with van der Waals surface area (Å²) in [6.45, 7) is 2.59. The van der Waals surface area contributed by atoms with E-state index in [4.69, 9.17) is 10.6 Å². The van der Waals surface area contributed by atoms with Gasteiger partial charge in [0, 0.05) is 13.0 Å². The Balaban J connectivity index is 2.25. The number of nitrogens with zero attached hydrogens (tertiary/aromatic N) is 1. The highest BCUT2D eigenvalue weighted by atomic mass is 127. The summed E-state index contributed by atoms with van der Waals surface area (Å²) < 4.78 is 9.26. The molecule has 10 heteroatoms. The molecule has 0 fully saturated rings. The largest absolute Gasteiger partial charge is 0.506 e. The molecule has 0 saturated heterocycles. The zero-order chi connectivity index (χ0) is 21.7. The summed E-state index contributed by atoms with van der Waals surface area (Å²) in [5.74, 6) is 6.66. The Morgan fingerprint density at radius 1 is 1.10 bits per heavy atom. The summed E-state index contributed by atoms with van der Waals surface area (Å²) in [6.07, 6.45) is 2.13. The Morgan fingerprint density at radius 2 is 1.66 bits per heavy atom. The third-order valence-electron chi connectivity index (χ3n) is 4.15. The van der Waals surface area contributed by atoms with Gasteiger partial charge in [-0.2, -0.15) is 0 Å². The zero-order valence-corrected chi connectivity index (χ0v) is 24.1. The number of ether oxygens (including phenoxy) is 1. The molecule has 0 spiro atoms. The standard InChI is InChI=1S/C19H20I4N2O4/c1-2-3-4-25(24)16(19(27)28)7-10-5-14(22)18(15(23)6-10)29-11-8-12(20)17(26)13(21)9-11/h5-6,8-9,16,26H,2-4,7,24H2,1H3,(H,27,28). The number of benzene rings is 2. The van der Waals surface area contributed by atoms with Crippen LogP contribution in [-0.2, 0) is 11.2 Å². The highest BCUT2D eigenvalue weighted by molar-refractivity contribution is 14.1. The Labute approximate surface area is 224 Å². The number of nitrogens with two attached hydrogens (primary N) is 1. The molecule has 2 rings (SSSR count). The number of carboxylic acids is 1. The van der Waals surface area contributed by atoms with E-state index in [0.717, 1.165) is 25.5 Å². The normalized spacial score (nSPS) is 12.2. The van der Waals surface area contributed by atoms with Gasteiger partial charge < -0.3 is 14.9 Å². The maximum Gasteiger partial charge on any atom is 0.322 e. The summed E-state index contributed by atoms with van der Waals surface area (Å²) in [4.78, 5) is 11.7. The monoisotopic (exact) mass is 848 g/mol. The number of aliphatic carboxylic acids is 1. The van der Waals surface area contributed by atoms with Crippen molar-refractivity contribution in [1.29, 1.82) is 0 Å². The molecule has 4 N–H and O–H groups in total. The van der Waals surface area contributed by atoms with Crippen LogP contribution in [-0.4, -0.2) is 33.8 Å². The maximum absolute atomic E-state index is 11.7. The van der Waals surface area contributed by atoms with Crippen molar-refractivity contribution in [1.82, 2.24) is 5.01 Å². The summed E-state index contributed by atoms with van der Waals surface area (Å²) in [7, 11) is 0. The predicted octanol–water partition coefficient (Wildman–Crippen LogP) is 5.57. The van der Waals surface area contributed by atoms with Crippen molar-refractivity contribution < 1.29 is 19.7 Å². The average Bonchev–Trinajstić information content (AvgIpc) is 2.64. The lowest BCUT2D eigenvalue weighted by Crippen LogP contribution is -2.47. The molecule has 0 radical (unpaired) electrons. The van der Waals surface area contributed by atoms with Crippen molar-refractivity contribution in [2.45, 2.75) is 32.2 Å². The van der Waals surface area contributed by atoms with Crippen molar-refractivity contribution in [2.75, 3.05) is 6.54 Å². The average molecular weight is 848 g/mol. The highest BCUT2D eigenvalue weighted by Crippen LogP contribution is 2.37. The van der Waals surface area contributed by atoms with Crippen LogP contribution in [0.15, 0.2) is 24.3 Å².